The predicted octanol–water partition coefficient (Wildman–Crippen LogP) is 2.22. The van der Waals surface area contributed by atoms with Gasteiger partial charge >= 0.3 is 0 Å². The monoisotopic (exact) mass is 251 g/mol. The zero-order chi connectivity index (χ0) is 13.2. The summed E-state index contributed by atoms with van der Waals surface area (Å²) in [7, 11) is 0. The zero-order valence-electron chi connectivity index (χ0n) is 10.5. The van der Waals surface area contributed by atoms with Crippen molar-refractivity contribution in [2.75, 3.05) is 5.73 Å². The Kier molecular flexibility index (Phi) is 2.72. The summed E-state index contributed by atoms with van der Waals surface area (Å²) in [5.41, 5.74) is 8.73. The second kappa shape index (κ2) is 4.53. The van der Waals surface area contributed by atoms with E-state index in [-0.39, 0.29) is 0 Å². The molecule has 1 aromatic carbocycles. The standard InChI is InChI=1S/C14H13N5/c1-10-7-14(17-9-16-10)19-13(15)8-12(18-19)11-5-3-2-4-6-11/h2-9H,15H2,1H3. The molecular weight excluding hydrogens is 238 g/mol. The average molecular weight is 251 g/mol. The normalized spacial score (nSPS) is 10.6. The van der Waals surface area contributed by atoms with Crippen molar-refractivity contribution in [3.63, 3.8) is 0 Å². The summed E-state index contributed by atoms with van der Waals surface area (Å²) in [6, 6.07) is 13.6. The summed E-state index contributed by atoms with van der Waals surface area (Å²) in [6.45, 7) is 1.91. The van der Waals surface area contributed by atoms with Crippen molar-refractivity contribution in [2.24, 2.45) is 0 Å². The van der Waals surface area contributed by atoms with Crippen LogP contribution < -0.4 is 5.73 Å². The minimum Gasteiger partial charge on any atom is -0.384 e. The summed E-state index contributed by atoms with van der Waals surface area (Å²) in [5, 5.41) is 4.49. The third-order valence-corrected chi connectivity index (χ3v) is 2.81. The van der Waals surface area contributed by atoms with Crippen LogP contribution in [0, 0.1) is 6.92 Å². The minimum atomic E-state index is 0.553. The van der Waals surface area contributed by atoms with Gasteiger partial charge < -0.3 is 5.73 Å². The predicted molar refractivity (Wildman–Crippen MR) is 73.7 cm³/mol. The average Bonchev–Trinajstić information content (AvgIpc) is 2.82. The number of hydrogen-bond donors (Lipinski definition) is 1. The first-order valence-electron chi connectivity index (χ1n) is 5.94. The summed E-state index contributed by atoms with van der Waals surface area (Å²) < 4.78 is 1.62. The third-order valence-electron chi connectivity index (χ3n) is 2.81. The molecule has 0 unspecified atom stereocenters. The molecule has 0 aliphatic rings. The Bertz CT molecular complexity index is 703. The van der Waals surface area contributed by atoms with E-state index in [0.29, 0.717) is 11.6 Å². The molecule has 5 nitrogen and oxygen atoms in total. The molecule has 0 radical (unpaired) electrons. The van der Waals surface area contributed by atoms with E-state index in [2.05, 4.69) is 15.1 Å². The number of rotatable bonds is 2. The quantitative estimate of drug-likeness (QED) is 0.758. The van der Waals surface area contributed by atoms with E-state index in [1.165, 1.54) is 6.33 Å². The molecule has 0 spiro atoms. The number of nitrogen functional groups attached to an aromatic ring is 1. The maximum Gasteiger partial charge on any atom is 0.159 e. The van der Waals surface area contributed by atoms with Crippen molar-refractivity contribution in [1.29, 1.82) is 0 Å². The maximum absolute atomic E-state index is 6.00. The SMILES string of the molecule is Cc1cc(-n2nc(-c3ccccc3)cc2N)ncn1. The van der Waals surface area contributed by atoms with Crippen molar-refractivity contribution in [3.05, 3.63) is 54.5 Å². The lowest BCUT2D eigenvalue weighted by atomic mass is 10.2. The third kappa shape index (κ3) is 2.18. The number of aromatic nitrogens is 4. The first-order valence-corrected chi connectivity index (χ1v) is 5.94. The second-order valence-corrected chi connectivity index (χ2v) is 4.25. The van der Waals surface area contributed by atoms with Gasteiger partial charge in [-0.3, -0.25) is 0 Å². The Morgan fingerprint density at radius 3 is 2.58 bits per heavy atom. The van der Waals surface area contributed by atoms with Gasteiger partial charge in [-0.15, -0.1) is 0 Å². The molecule has 0 aliphatic heterocycles. The van der Waals surface area contributed by atoms with Crippen LogP contribution in [0.4, 0.5) is 5.82 Å². The molecule has 3 rings (SSSR count). The van der Waals surface area contributed by atoms with Crippen molar-refractivity contribution in [2.45, 2.75) is 6.92 Å². The first kappa shape index (κ1) is 11.4. The van der Waals surface area contributed by atoms with E-state index in [1.807, 2.05) is 49.4 Å². The Labute approximate surface area is 110 Å². The van der Waals surface area contributed by atoms with Crippen LogP contribution in [0.5, 0.6) is 0 Å². The Balaban J connectivity index is 2.08. The number of aryl methyl sites for hydroxylation is 1. The maximum atomic E-state index is 6.00. The van der Waals surface area contributed by atoms with Crippen LogP contribution in [-0.2, 0) is 0 Å². The Morgan fingerprint density at radius 2 is 1.84 bits per heavy atom. The van der Waals surface area contributed by atoms with E-state index >= 15 is 0 Å². The molecule has 2 N–H and O–H groups in total. The lowest BCUT2D eigenvalue weighted by Gasteiger charge is -2.02. The number of anilines is 1. The second-order valence-electron chi connectivity index (χ2n) is 4.25. The van der Waals surface area contributed by atoms with Gasteiger partial charge in [-0.25, -0.2) is 9.97 Å². The molecule has 2 aromatic heterocycles. The van der Waals surface area contributed by atoms with Crippen LogP contribution in [0.25, 0.3) is 17.1 Å². The molecule has 0 fully saturated rings. The lowest BCUT2D eigenvalue weighted by molar-refractivity contribution is 0.847. The fraction of sp³-hybridized carbons (Fsp3) is 0.0714. The number of nitrogens with zero attached hydrogens (tertiary/aromatic N) is 4. The molecule has 0 amide bonds. The summed E-state index contributed by atoms with van der Waals surface area (Å²) in [6.07, 6.45) is 1.51. The van der Waals surface area contributed by atoms with Gasteiger partial charge in [0.1, 0.15) is 12.1 Å². The molecule has 3 aromatic rings. The fourth-order valence-electron chi connectivity index (χ4n) is 1.89. The van der Waals surface area contributed by atoms with E-state index in [9.17, 15) is 0 Å². The van der Waals surface area contributed by atoms with Crippen LogP contribution in [0.2, 0.25) is 0 Å². The molecule has 0 saturated heterocycles. The van der Waals surface area contributed by atoms with Crippen molar-refractivity contribution < 1.29 is 0 Å². The summed E-state index contributed by atoms with van der Waals surface area (Å²) in [4.78, 5) is 8.25. The fourth-order valence-corrected chi connectivity index (χ4v) is 1.89. The molecule has 0 bridgehead atoms. The van der Waals surface area contributed by atoms with Gasteiger partial charge in [-0.1, -0.05) is 30.3 Å². The smallest absolute Gasteiger partial charge is 0.159 e. The van der Waals surface area contributed by atoms with E-state index in [4.69, 9.17) is 5.73 Å². The van der Waals surface area contributed by atoms with Crippen LogP contribution in [0.3, 0.4) is 0 Å². The number of benzene rings is 1. The molecule has 0 aliphatic carbocycles. The highest BCUT2D eigenvalue weighted by molar-refractivity contribution is 5.63. The molecular formula is C14H13N5. The van der Waals surface area contributed by atoms with Gasteiger partial charge in [-0.05, 0) is 6.92 Å². The van der Waals surface area contributed by atoms with E-state index in [1.54, 1.807) is 4.68 Å². The van der Waals surface area contributed by atoms with Gasteiger partial charge in [-0.2, -0.15) is 9.78 Å². The Morgan fingerprint density at radius 1 is 1.05 bits per heavy atom. The molecule has 2 heterocycles. The minimum absolute atomic E-state index is 0.553. The van der Waals surface area contributed by atoms with Gasteiger partial charge in [0.25, 0.3) is 0 Å². The van der Waals surface area contributed by atoms with Crippen molar-refractivity contribution in [1.82, 2.24) is 19.7 Å². The first-order chi connectivity index (χ1) is 9.24. The van der Waals surface area contributed by atoms with Gasteiger partial charge in [0.05, 0.1) is 5.69 Å². The molecule has 0 atom stereocenters. The summed E-state index contributed by atoms with van der Waals surface area (Å²) >= 11 is 0. The van der Waals surface area contributed by atoms with Crippen molar-refractivity contribution in [3.8, 4) is 17.1 Å². The highest BCUT2D eigenvalue weighted by Crippen LogP contribution is 2.21. The van der Waals surface area contributed by atoms with Crippen LogP contribution in [0.15, 0.2) is 48.8 Å². The Hall–Kier alpha value is -2.69. The summed E-state index contributed by atoms with van der Waals surface area (Å²) in [5.74, 6) is 1.23. The molecule has 19 heavy (non-hydrogen) atoms. The van der Waals surface area contributed by atoms with Gasteiger partial charge in [0.15, 0.2) is 5.82 Å². The van der Waals surface area contributed by atoms with Crippen LogP contribution >= 0.6 is 0 Å². The highest BCUT2D eigenvalue weighted by atomic mass is 15.3. The molecule has 94 valence electrons. The topological polar surface area (TPSA) is 69.6 Å². The highest BCUT2D eigenvalue weighted by Gasteiger charge is 2.09. The van der Waals surface area contributed by atoms with Crippen LogP contribution in [-0.4, -0.2) is 19.7 Å². The van der Waals surface area contributed by atoms with Crippen molar-refractivity contribution >= 4 is 5.82 Å². The number of hydrogen-bond acceptors (Lipinski definition) is 4. The lowest BCUT2D eigenvalue weighted by Crippen LogP contribution is -2.04. The molecule has 0 saturated carbocycles. The zero-order valence-corrected chi connectivity index (χ0v) is 10.5. The van der Waals surface area contributed by atoms with Crippen LogP contribution in [0.1, 0.15) is 5.69 Å². The molecule has 5 heteroatoms. The number of nitrogens with two attached hydrogens (primary N) is 1. The van der Waals surface area contributed by atoms with E-state index < -0.39 is 0 Å². The largest absolute Gasteiger partial charge is 0.384 e. The van der Waals surface area contributed by atoms with E-state index in [0.717, 1.165) is 17.0 Å². The van der Waals surface area contributed by atoms with Gasteiger partial charge in [0, 0.05) is 23.4 Å². The van der Waals surface area contributed by atoms with Gasteiger partial charge in [0.2, 0.25) is 0 Å².